The Balaban J connectivity index is 4.37. The first-order valence-electron chi connectivity index (χ1n) is 43.5. The minimum Gasteiger partial charge on any atom is -0.463 e. The number of carbonyl (C=O) groups excluding carboxylic acids is 3. The van der Waals surface area contributed by atoms with Crippen molar-refractivity contribution in [3.63, 3.8) is 0 Å². The molecule has 0 fully saturated rings. The van der Waals surface area contributed by atoms with Crippen LogP contribution in [0, 0.1) is 0 Å². The third kappa shape index (κ3) is 84.4. The number of aliphatic hydroxyl groups excluding tert-OH is 2. The van der Waals surface area contributed by atoms with Gasteiger partial charge in [-0.3, -0.25) is 32.5 Å². The number of allylic oxidation sites excluding steroid dienone is 22. The van der Waals surface area contributed by atoms with Gasteiger partial charge in [0.2, 0.25) is 0 Å². The van der Waals surface area contributed by atoms with Gasteiger partial charge in [0.1, 0.15) is 25.4 Å². The molecule has 0 heterocycles. The molecule has 0 aromatic carbocycles. The third-order valence-corrected chi connectivity index (χ3v) is 20.3. The van der Waals surface area contributed by atoms with E-state index < -0.39 is 91.5 Å². The van der Waals surface area contributed by atoms with Gasteiger partial charge in [-0.15, -0.1) is 0 Å². The summed E-state index contributed by atoms with van der Waals surface area (Å²) in [6, 6.07) is 0. The summed E-state index contributed by atoms with van der Waals surface area (Å²) >= 11 is 0. The molecule has 0 amide bonds. The summed E-state index contributed by atoms with van der Waals surface area (Å²) in [4.78, 5) is 58.7. The highest BCUT2D eigenvalue weighted by atomic mass is 31.2. The predicted molar refractivity (Wildman–Crippen MR) is 454 cm³/mol. The van der Waals surface area contributed by atoms with Crippen LogP contribution in [0.25, 0.3) is 0 Å². The Labute approximate surface area is 665 Å². The molecule has 0 aromatic heterocycles. The van der Waals surface area contributed by atoms with Gasteiger partial charge < -0.3 is 34.2 Å². The molecular formula is C91H158O16P2. The topological polar surface area (TPSA) is 231 Å². The van der Waals surface area contributed by atoms with Crippen LogP contribution in [0.4, 0.5) is 0 Å². The Morgan fingerprint density at radius 1 is 0.266 bits per heavy atom. The van der Waals surface area contributed by atoms with Gasteiger partial charge in [0.15, 0.2) is 6.10 Å². The molecule has 5 atom stereocenters. The first kappa shape index (κ1) is 105. The Hall–Kier alpha value is -4.31. The van der Waals surface area contributed by atoms with Crippen molar-refractivity contribution in [2.24, 2.45) is 0 Å². The van der Waals surface area contributed by atoms with Crippen molar-refractivity contribution in [2.75, 3.05) is 39.6 Å². The van der Waals surface area contributed by atoms with Crippen LogP contribution in [0.1, 0.15) is 367 Å². The van der Waals surface area contributed by atoms with Crippen LogP contribution in [0.15, 0.2) is 134 Å². The van der Waals surface area contributed by atoms with Crippen molar-refractivity contribution in [3.05, 3.63) is 134 Å². The van der Waals surface area contributed by atoms with Gasteiger partial charge in [0.25, 0.3) is 0 Å². The smallest absolute Gasteiger partial charge is 0.463 e. The van der Waals surface area contributed by atoms with Crippen LogP contribution >= 0.6 is 15.6 Å². The largest absolute Gasteiger partial charge is 0.472 e. The molecule has 0 aliphatic heterocycles. The fraction of sp³-hybridized carbons (Fsp3) is 0.725. The molecule has 109 heavy (non-hydrogen) atoms. The number of phosphoric ester groups is 2. The lowest BCUT2D eigenvalue weighted by Crippen LogP contribution is -2.30. The van der Waals surface area contributed by atoms with Crippen molar-refractivity contribution < 1.29 is 75.8 Å². The highest BCUT2D eigenvalue weighted by Crippen LogP contribution is 2.45. The van der Waals surface area contributed by atoms with Crippen molar-refractivity contribution >= 4 is 33.6 Å². The summed E-state index contributed by atoms with van der Waals surface area (Å²) < 4.78 is 61.2. The van der Waals surface area contributed by atoms with E-state index in [9.17, 15) is 43.5 Å². The zero-order valence-electron chi connectivity index (χ0n) is 68.9. The second-order valence-electron chi connectivity index (χ2n) is 28.9. The van der Waals surface area contributed by atoms with E-state index in [1.165, 1.54) is 161 Å². The molecule has 4 N–H and O–H groups in total. The molecule has 628 valence electrons. The van der Waals surface area contributed by atoms with E-state index in [0.29, 0.717) is 19.3 Å². The number of hydrogen-bond donors (Lipinski definition) is 4. The molecule has 0 saturated heterocycles. The van der Waals surface area contributed by atoms with Gasteiger partial charge in [0, 0.05) is 19.3 Å². The molecule has 0 aromatic rings. The minimum absolute atomic E-state index is 0.107. The molecule has 0 radical (unpaired) electrons. The van der Waals surface area contributed by atoms with Gasteiger partial charge in [0.05, 0.1) is 26.4 Å². The quantitative estimate of drug-likeness (QED) is 0.0146. The number of carbonyl (C=O) groups is 3. The fourth-order valence-electron chi connectivity index (χ4n) is 11.8. The second-order valence-corrected chi connectivity index (χ2v) is 31.8. The maximum Gasteiger partial charge on any atom is 0.472 e. The Bertz CT molecular complexity index is 2510. The Kier molecular flexibility index (Phi) is 79.8. The normalized spacial score (nSPS) is 14.5. The van der Waals surface area contributed by atoms with E-state index in [1.54, 1.807) is 0 Å². The lowest BCUT2D eigenvalue weighted by Gasteiger charge is -2.21. The lowest BCUT2D eigenvalue weighted by atomic mass is 10.0. The highest BCUT2D eigenvalue weighted by Gasteiger charge is 2.29. The first-order valence-corrected chi connectivity index (χ1v) is 46.5. The number of rotatable bonds is 82. The Morgan fingerprint density at radius 3 is 0.771 bits per heavy atom. The number of hydrogen-bond acceptors (Lipinski definition) is 14. The van der Waals surface area contributed by atoms with Crippen LogP contribution in [0.3, 0.4) is 0 Å². The lowest BCUT2D eigenvalue weighted by molar-refractivity contribution is -0.161. The van der Waals surface area contributed by atoms with Crippen molar-refractivity contribution in [3.8, 4) is 0 Å². The summed E-state index contributed by atoms with van der Waals surface area (Å²) in [5, 5.41) is 20.7. The molecule has 16 nitrogen and oxygen atoms in total. The van der Waals surface area contributed by atoms with E-state index >= 15 is 0 Å². The fourth-order valence-corrected chi connectivity index (χ4v) is 13.4. The molecular weight excluding hydrogens is 1410 g/mol. The average molecular weight is 1570 g/mol. The van der Waals surface area contributed by atoms with E-state index in [2.05, 4.69) is 154 Å². The van der Waals surface area contributed by atoms with E-state index in [1.807, 2.05) is 0 Å². The Morgan fingerprint density at radius 2 is 0.486 bits per heavy atom. The minimum atomic E-state index is -4.93. The molecule has 0 aliphatic rings. The van der Waals surface area contributed by atoms with Gasteiger partial charge in [-0.25, -0.2) is 9.13 Å². The first-order chi connectivity index (χ1) is 53.2. The number of esters is 3. The van der Waals surface area contributed by atoms with Gasteiger partial charge in [-0.2, -0.15) is 0 Å². The van der Waals surface area contributed by atoms with Crippen LogP contribution < -0.4 is 0 Å². The number of phosphoric acid groups is 2. The molecule has 0 bridgehead atoms. The second kappa shape index (κ2) is 83.1. The molecule has 0 aliphatic carbocycles. The van der Waals surface area contributed by atoms with Gasteiger partial charge in [-0.1, -0.05) is 366 Å². The van der Waals surface area contributed by atoms with Crippen LogP contribution in [0.5, 0.6) is 0 Å². The van der Waals surface area contributed by atoms with Crippen LogP contribution in [-0.4, -0.2) is 95.9 Å². The number of ether oxygens (including phenoxy) is 3. The molecule has 18 heteroatoms. The molecule has 5 unspecified atom stereocenters. The summed E-state index contributed by atoms with van der Waals surface area (Å²) in [5.74, 6) is -1.56. The third-order valence-electron chi connectivity index (χ3n) is 18.4. The zero-order chi connectivity index (χ0) is 79.4. The summed E-state index contributed by atoms with van der Waals surface area (Å²) in [7, 11) is -9.78. The molecule has 0 saturated carbocycles. The van der Waals surface area contributed by atoms with Crippen molar-refractivity contribution in [1.82, 2.24) is 0 Å². The summed E-state index contributed by atoms with van der Waals surface area (Å²) in [6.07, 6.45) is 102. The number of aliphatic hydroxyl groups is 2. The summed E-state index contributed by atoms with van der Waals surface area (Å²) in [5.41, 5.74) is 0. The standard InChI is InChI=1S/C91H158O16P2/c1-4-7-10-13-16-19-22-24-26-28-30-32-34-36-38-40-41-42-43-45-47-48-50-52-54-56-58-60-63-65-68-71-74-77-89(94)101-80-86(92)81-103-108(97,98)104-82-87(93)83-105-109(99,100)106-85-88(107-91(96)79-76-73-70-67-62-21-18-15-12-9-6-3)84-102-90(95)78-75-72-69-66-64-61-59-57-55-53-51-49-46-44-39-37-35-33-31-29-27-25-23-20-17-14-11-8-5-2/h7-8,10-11,16-17,19-20,24-27,30-33,36-39,41-42,86-88,92-93H,4-6,9,12-15,18,21-23,28-29,34-35,40,43-85H2,1-3H3,(H,97,98)(H,99,100)/b10-7-,11-8-,19-16-,20-17-,26-24-,27-25-,32-30-,33-31-,38-36-,39-37-,42-41-. The monoisotopic (exact) mass is 1570 g/mol. The SMILES string of the molecule is CC/C=C\C/C=C\C/C=C\C/C=C\C/C=C\C/C=C\CCCCCCCCCCCCCCCCC(=O)OCC(O)COP(=O)(O)OCC(O)COP(=O)(O)OCC(COC(=O)CCCCCCCCCCCCCCC/C=C\C/C=C\C/C=C\C/C=C\C/C=C\CC)OC(=O)CCCCCCCCCCCCC. The van der Waals surface area contributed by atoms with Crippen molar-refractivity contribution in [2.45, 2.75) is 386 Å². The highest BCUT2D eigenvalue weighted by molar-refractivity contribution is 7.47. The number of unbranched alkanes of at least 4 members (excludes halogenated alkanes) is 37. The van der Waals surface area contributed by atoms with Gasteiger partial charge >= 0.3 is 33.6 Å². The maximum atomic E-state index is 12.9. The van der Waals surface area contributed by atoms with Gasteiger partial charge in [-0.05, 0) is 116 Å². The average Bonchev–Trinajstić information content (AvgIpc) is 0.836. The van der Waals surface area contributed by atoms with Crippen molar-refractivity contribution in [1.29, 1.82) is 0 Å². The van der Waals surface area contributed by atoms with E-state index in [0.717, 1.165) is 148 Å². The van der Waals surface area contributed by atoms with Crippen LogP contribution in [-0.2, 0) is 55.8 Å². The van der Waals surface area contributed by atoms with Crippen LogP contribution in [0.2, 0.25) is 0 Å². The van der Waals surface area contributed by atoms with E-state index in [-0.39, 0.29) is 19.3 Å². The predicted octanol–water partition coefficient (Wildman–Crippen LogP) is 26.2. The summed E-state index contributed by atoms with van der Waals surface area (Å²) in [6.45, 7) is 2.48. The van der Waals surface area contributed by atoms with E-state index in [4.69, 9.17) is 32.3 Å². The zero-order valence-corrected chi connectivity index (χ0v) is 70.7. The maximum absolute atomic E-state index is 12.9. The molecule has 0 spiro atoms. The molecule has 0 rings (SSSR count).